The van der Waals surface area contributed by atoms with Crippen molar-refractivity contribution in [3.8, 4) is 5.75 Å². The summed E-state index contributed by atoms with van der Waals surface area (Å²) in [7, 11) is 2.13. The highest BCUT2D eigenvalue weighted by Gasteiger charge is 2.21. The van der Waals surface area contributed by atoms with Crippen LogP contribution >= 0.6 is 0 Å². The zero-order chi connectivity index (χ0) is 15.8. The Kier molecular flexibility index (Phi) is 6.52. The van der Waals surface area contributed by atoms with E-state index >= 15 is 0 Å². The monoisotopic (exact) mass is 304 g/mol. The Bertz CT molecular complexity index is 489. The predicted molar refractivity (Wildman–Crippen MR) is 91.3 cm³/mol. The molecule has 1 aromatic carbocycles. The van der Waals surface area contributed by atoms with Gasteiger partial charge >= 0.3 is 0 Å². The van der Waals surface area contributed by atoms with Gasteiger partial charge in [0, 0.05) is 18.5 Å². The molecule has 1 heterocycles. The van der Waals surface area contributed by atoms with Crippen LogP contribution in [0.3, 0.4) is 0 Å². The number of hydrogen-bond donors (Lipinski definition) is 2. The summed E-state index contributed by atoms with van der Waals surface area (Å²) in [6, 6.07) is 8.28. The third-order valence-corrected chi connectivity index (χ3v) is 3.94. The van der Waals surface area contributed by atoms with E-state index in [0.29, 0.717) is 12.6 Å². The Balaban J connectivity index is 1.82. The molecule has 0 spiro atoms. The second-order valence-electron chi connectivity index (χ2n) is 5.80. The predicted octanol–water partition coefficient (Wildman–Crippen LogP) is 2.15. The van der Waals surface area contributed by atoms with E-state index in [-0.39, 0.29) is 6.04 Å². The molecule has 0 radical (unpaired) electrons. The SMILES string of the molecule is CCCCN(C)CCN=C(N)NC1CCOc2ccccc21. The zero-order valence-electron chi connectivity index (χ0n) is 13.7. The highest BCUT2D eigenvalue weighted by atomic mass is 16.5. The number of para-hydroxylation sites is 1. The molecular weight excluding hydrogens is 276 g/mol. The summed E-state index contributed by atoms with van der Waals surface area (Å²) in [5.41, 5.74) is 7.19. The lowest BCUT2D eigenvalue weighted by molar-refractivity contribution is 0.262. The minimum absolute atomic E-state index is 0.187. The van der Waals surface area contributed by atoms with Crippen LogP contribution in [0.5, 0.6) is 5.75 Å². The fourth-order valence-corrected chi connectivity index (χ4v) is 2.60. The summed E-state index contributed by atoms with van der Waals surface area (Å²) in [6.07, 6.45) is 3.36. The molecule has 0 saturated carbocycles. The van der Waals surface area contributed by atoms with Crippen LogP contribution in [-0.4, -0.2) is 44.1 Å². The highest BCUT2D eigenvalue weighted by Crippen LogP contribution is 2.31. The molecular formula is C17H28N4O. The molecule has 0 bridgehead atoms. The van der Waals surface area contributed by atoms with Gasteiger partial charge in [0.25, 0.3) is 0 Å². The number of rotatable bonds is 7. The second-order valence-corrected chi connectivity index (χ2v) is 5.80. The molecule has 0 aromatic heterocycles. The van der Waals surface area contributed by atoms with Gasteiger partial charge in [0.2, 0.25) is 0 Å². The van der Waals surface area contributed by atoms with Crippen molar-refractivity contribution in [2.75, 3.05) is 33.3 Å². The molecule has 1 aliphatic rings. The Hall–Kier alpha value is -1.75. The van der Waals surface area contributed by atoms with Crippen molar-refractivity contribution in [3.63, 3.8) is 0 Å². The Morgan fingerprint density at radius 3 is 3.05 bits per heavy atom. The van der Waals surface area contributed by atoms with Gasteiger partial charge in [-0.3, -0.25) is 4.99 Å². The Labute approximate surface area is 133 Å². The van der Waals surface area contributed by atoms with Gasteiger partial charge in [-0.15, -0.1) is 0 Å². The number of hydrogen-bond acceptors (Lipinski definition) is 3. The van der Waals surface area contributed by atoms with Crippen molar-refractivity contribution in [2.45, 2.75) is 32.2 Å². The summed E-state index contributed by atoms with van der Waals surface area (Å²) in [6.45, 7) is 5.70. The van der Waals surface area contributed by atoms with Crippen molar-refractivity contribution in [1.82, 2.24) is 10.2 Å². The van der Waals surface area contributed by atoms with Crippen LogP contribution in [0.25, 0.3) is 0 Å². The molecule has 1 atom stereocenters. The fraction of sp³-hybridized carbons (Fsp3) is 0.588. The molecule has 5 nitrogen and oxygen atoms in total. The molecule has 122 valence electrons. The van der Waals surface area contributed by atoms with E-state index in [9.17, 15) is 0 Å². The third-order valence-electron chi connectivity index (χ3n) is 3.94. The van der Waals surface area contributed by atoms with Gasteiger partial charge in [-0.05, 0) is 26.1 Å². The van der Waals surface area contributed by atoms with E-state index in [0.717, 1.165) is 37.4 Å². The summed E-state index contributed by atoms with van der Waals surface area (Å²) < 4.78 is 5.66. The molecule has 0 saturated heterocycles. The molecule has 1 unspecified atom stereocenters. The summed E-state index contributed by atoms with van der Waals surface area (Å²) in [4.78, 5) is 6.74. The summed E-state index contributed by atoms with van der Waals surface area (Å²) in [5, 5.41) is 3.32. The summed E-state index contributed by atoms with van der Waals surface area (Å²) >= 11 is 0. The van der Waals surface area contributed by atoms with Crippen molar-refractivity contribution in [3.05, 3.63) is 29.8 Å². The normalized spacial score (nSPS) is 18.0. The van der Waals surface area contributed by atoms with E-state index < -0.39 is 0 Å². The van der Waals surface area contributed by atoms with Crippen LogP contribution in [0, 0.1) is 0 Å². The third kappa shape index (κ3) is 4.91. The number of fused-ring (bicyclic) bond motifs is 1. The van der Waals surface area contributed by atoms with Gasteiger partial charge in [0.15, 0.2) is 5.96 Å². The molecule has 5 heteroatoms. The first-order valence-corrected chi connectivity index (χ1v) is 8.17. The number of nitrogens with zero attached hydrogens (tertiary/aromatic N) is 2. The Morgan fingerprint density at radius 1 is 1.41 bits per heavy atom. The zero-order valence-corrected chi connectivity index (χ0v) is 13.7. The number of unbranched alkanes of at least 4 members (excludes halogenated alkanes) is 1. The fourth-order valence-electron chi connectivity index (χ4n) is 2.60. The molecule has 2 rings (SSSR count). The van der Waals surface area contributed by atoms with E-state index in [1.807, 2.05) is 18.2 Å². The number of benzene rings is 1. The maximum atomic E-state index is 6.03. The van der Waals surface area contributed by atoms with Crippen molar-refractivity contribution in [2.24, 2.45) is 10.7 Å². The average molecular weight is 304 g/mol. The maximum Gasteiger partial charge on any atom is 0.189 e. The number of guanidine groups is 1. The first kappa shape index (κ1) is 16.6. The van der Waals surface area contributed by atoms with Gasteiger partial charge in [0.1, 0.15) is 5.75 Å². The lowest BCUT2D eigenvalue weighted by Crippen LogP contribution is -2.38. The first-order valence-electron chi connectivity index (χ1n) is 8.17. The van der Waals surface area contributed by atoms with Crippen LogP contribution in [0.1, 0.15) is 37.8 Å². The van der Waals surface area contributed by atoms with Crippen LogP contribution in [0.2, 0.25) is 0 Å². The highest BCUT2D eigenvalue weighted by molar-refractivity contribution is 5.78. The topological polar surface area (TPSA) is 62.9 Å². The molecule has 1 aliphatic heterocycles. The van der Waals surface area contributed by atoms with E-state index in [1.165, 1.54) is 12.8 Å². The number of aliphatic imine (C=N–C) groups is 1. The van der Waals surface area contributed by atoms with Crippen LogP contribution in [0.15, 0.2) is 29.3 Å². The lowest BCUT2D eigenvalue weighted by atomic mass is 10.0. The van der Waals surface area contributed by atoms with Gasteiger partial charge in [-0.1, -0.05) is 31.5 Å². The maximum absolute atomic E-state index is 6.03. The Morgan fingerprint density at radius 2 is 2.23 bits per heavy atom. The van der Waals surface area contributed by atoms with Crippen LogP contribution in [-0.2, 0) is 0 Å². The minimum atomic E-state index is 0.187. The van der Waals surface area contributed by atoms with Crippen LogP contribution < -0.4 is 15.8 Å². The number of likely N-dealkylation sites (N-methyl/N-ethyl adjacent to an activating group) is 1. The number of nitrogens with two attached hydrogens (primary N) is 1. The molecule has 0 amide bonds. The van der Waals surface area contributed by atoms with Gasteiger partial charge < -0.3 is 20.7 Å². The van der Waals surface area contributed by atoms with Gasteiger partial charge in [0.05, 0.1) is 19.2 Å². The molecule has 0 aliphatic carbocycles. The minimum Gasteiger partial charge on any atom is -0.493 e. The van der Waals surface area contributed by atoms with E-state index in [2.05, 4.69) is 35.2 Å². The second kappa shape index (κ2) is 8.63. The molecule has 1 aromatic rings. The van der Waals surface area contributed by atoms with Gasteiger partial charge in [-0.2, -0.15) is 0 Å². The quantitative estimate of drug-likeness (QED) is 0.598. The summed E-state index contributed by atoms with van der Waals surface area (Å²) in [5.74, 6) is 1.46. The first-order chi connectivity index (χ1) is 10.7. The number of ether oxygens (including phenoxy) is 1. The van der Waals surface area contributed by atoms with Crippen molar-refractivity contribution < 1.29 is 4.74 Å². The smallest absolute Gasteiger partial charge is 0.189 e. The number of nitrogens with one attached hydrogen (secondary N) is 1. The van der Waals surface area contributed by atoms with Gasteiger partial charge in [-0.25, -0.2) is 0 Å². The largest absolute Gasteiger partial charge is 0.493 e. The average Bonchev–Trinajstić information content (AvgIpc) is 2.53. The van der Waals surface area contributed by atoms with Crippen molar-refractivity contribution >= 4 is 5.96 Å². The van der Waals surface area contributed by atoms with E-state index in [1.54, 1.807) is 0 Å². The standard InChI is InChI=1S/C17H28N4O/c1-3-4-11-21(2)12-10-19-17(18)20-15-9-13-22-16-8-6-5-7-14(15)16/h5-8,15H,3-4,9-13H2,1-2H3,(H3,18,19,20). The molecule has 0 fully saturated rings. The van der Waals surface area contributed by atoms with Crippen molar-refractivity contribution in [1.29, 1.82) is 0 Å². The van der Waals surface area contributed by atoms with Crippen LogP contribution in [0.4, 0.5) is 0 Å². The molecule has 22 heavy (non-hydrogen) atoms. The lowest BCUT2D eigenvalue weighted by Gasteiger charge is -2.27. The molecule has 3 N–H and O–H groups in total. The van der Waals surface area contributed by atoms with E-state index in [4.69, 9.17) is 10.5 Å².